The van der Waals surface area contributed by atoms with Crippen LogP contribution in [0.5, 0.6) is 5.75 Å². The van der Waals surface area contributed by atoms with Crippen LogP contribution in [0.1, 0.15) is 24.4 Å². The number of nitrogens with zero attached hydrogens (tertiary/aromatic N) is 1. The molecule has 0 aromatic heterocycles. The van der Waals surface area contributed by atoms with Gasteiger partial charge in [-0.3, -0.25) is 9.69 Å². The molecule has 1 amide bonds. The Labute approximate surface area is 164 Å². The lowest BCUT2D eigenvalue weighted by Gasteiger charge is -2.35. The molecule has 1 fully saturated rings. The first-order chi connectivity index (χ1) is 13.6. The quantitative estimate of drug-likeness (QED) is 0.649. The molecule has 1 aliphatic rings. The van der Waals surface area contributed by atoms with Crippen molar-refractivity contribution < 1.29 is 15.0 Å². The van der Waals surface area contributed by atoms with Crippen LogP contribution in [0.3, 0.4) is 0 Å². The van der Waals surface area contributed by atoms with Crippen molar-refractivity contribution in [3.8, 4) is 5.75 Å². The number of hydrogen-bond acceptors (Lipinski definition) is 4. The van der Waals surface area contributed by atoms with Gasteiger partial charge in [-0.25, -0.2) is 0 Å². The SMILES string of the molecule is O=C(Nc1cc(O)c2ccccc2c1)C(c1ccccc1)N1CCC(O)CC1. The van der Waals surface area contributed by atoms with E-state index in [1.54, 1.807) is 6.07 Å². The molecule has 3 N–H and O–H groups in total. The summed E-state index contributed by atoms with van der Waals surface area (Å²) in [5.41, 5.74) is 1.49. The van der Waals surface area contributed by atoms with Gasteiger partial charge in [-0.1, -0.05) is 54.6 Å². The van der Waals surface area contributed by atoms with Gasteiger partial charge in [-0.2, -0.15) is 0 Å². The van der Waals surface area contributed by atoms with E-state index in [0.29, 0.717) is 31.6 Å². The van der Waals surface area contributed by atoms with Crippen LogP contribution in [-0.4, -0.2) is 40.2 Å². The summed E-state index contributed by atoms with van der Waals surface area (Å²) >= 11 is 0. The number of aromatic hydroxyl groups is 1. The molecular weight excluding hydrogens is 352 g/mol. The number of carbonyl (C=O) groups excluding carboxylic acids is 1. The van der Waals surface area contributed by atoms with Crippen molar-refractivity contribution >= 4 is 22.4 Å². The molecule has 3 aromatic rings. The van der Waals surface area contributed by atoms with E-state index in [9.17, 15) is 15.0 Å². The molecule has 0 saturated carbocycles. The van der Waals surface area contributed by atoms with E-state index in [1.807, 2.05) is 60.7 Å². The van der Waals surface area contributed by atoms with Crippen LogP contribution in [-0.2, 0) is 4.79 Å². The van der Waals surface area contributed by atoms with Crippen molar-refractivity contribution in [3.63, 3.8) is 0 Å². The molecule has 1 heterocycles. The zero-order chi connectivity index (χ0) is 19.5. The first kappa shape index (κ1) is 18.5. The number of benzene rings is 3. The van der Waals surface area contributed by atoms with Gasteiger partial charge in [0.25, 0.3) is 0 Å². The van der Waals surface area contributed by atoms with Crippen LogP contribution >= 0.6 is 0 Å². The maximum absolute atomic E-state index is 13.2. The lowest BCUT2D eigenvalue weighted by Crippen LogP contribution is -2.43. The van der Waals surface area contributed by atoms with Crippen molar-refractivity contribution in [2.75, 3.05) is 18.4 Å². The van der Waals surface area contributed by atoms with E-state index < -0.39 is 6.04 Å². The highest BCUT2D eigenvalue weighted by Gasteiger charge is 2.30. The van der Waals surface area contributed by atoms with E-state index in [-0.39, 0.29) is 17.8 Å². The Morgan fingerprint density at radius 2 is 1.68 bits per heavy atom. The van der Waals surface area contributed by atoms with Crippen molar-refractivity contribution in [1.82, 2.24) is 4.90 Å². The van der Waals surface area contributed by atoms with Crippen LogP contribution in [0.25, 0.3) is 10.8 Å². The number of rotatable bonds is 4. The molecule has 1 unspecified atom stereocenters. The third kappa shape index (κ3) is 3.86. The second kappa shape index (κ2) is 8.00. The molecule has 144 valence electrons. The molecule has 0 radical (unpaired) electrons. The third-order valence-corrected chi connectivity index (χ3v) is 5.34. The first-order valence-electron chi connectivity index (χ1n) is 9.61. The number of nitrogens with one attached hydrogen (secondary N) is 1. The number of aliphatic hydroxyl groups excluding tert-OH is 1. The second-order valence-corrected chi connectivity index (χ2v) is 7.29. The van der Waals surface area contributed by atoms with Gasteiger partial charge in [0.15, 0.2) is 0 Å². The Hall–Kier alpha value is -2.89. The zero-order valence-electron chi connectivity index (χ0n) is 15.6. The van der Waals surface area contributed by atoms with E-state index in [2.05, 4.69) is 10.2 Å². The minimum Gasteiger partial charge on any atom is -0.507 e. The molecule has 5 nitrogen and oxygen atoms in total. The minimum absolute atomic E-state index is 0.141. The number of likely N-dealkylation sites (tertiary alicyclic amines) is 1. The number of fused-ring (bicyclic) bond motifs is 1. The highest BCUT2D eigenvalue weighted by Crippen LogP contribution is 2.31. The van der Waals surface area contributed by atoms with Crippen molar-refractivity contribution in [2.45, 2.75) is 25.0 Å². The Morgan fingerprint density at radius 3 is 2.43 bits per heavy atom. The average molecular weight is 376 g/mol. The molecule has 0 bridgehead atoms. The normalized spacial score (nSPS) is 16.8. The van der Waals surface area contributed by atoms with Gasteiger partial charge < -0.3 is 15.5 Å². The van der Waals surface area contributed by atoms with Crippen LogP contribution in [0.15, 0.2) is 66.7 Å². The maximum Gasteiger partial charge on any atom is 0.246 e. The van der Waals surface area contributed by atoms with E-state index in [4.69, 9.17) is 0 Å². The van der Waals surface area contributed by atoms with E-state index >= 15 is 0 Å². The largest absolute Gasteiger partial charge is 0.507 e. The fourth-order valence-corrected chi connectivity index (χ4v) is 3.88. The number of phenolic OH excluding ortho intramolecular Hbond substituents is 1. The predicted octanol–water partition coefficient (Wildman–Crippen LogP) is 3.68. The number of aliphatic hydroxyl groups is 1. The molecule has 28 heavy (non-hydrogen) atoms. The highest BCUT2D eigenvalue weighted by molar-refractivity contribution is 5.99. The molecule has 0 aliphatic carbocycles. The Bertz CT molecular complexity index is 966. The van der Waals surface area contributed by atoms with Gasteiger partial charge in [-0.05, 0) is 29.9 Å². The van der Waals surface area contributed by atoms with Gasteiger partial charge in [0.05, 0.1) is 6.10 Å². The zero-order valence-corrected chi connectivity index (χ0v) is 15.6. The van der Waals surface area contributed by atoms with Crippen molar-refractivity contribution in [3.05, 3.63) is 72.3 Å². The summed E-state index contributed by atoms with van der Waals surface area (Å²) in [5, 5.41) is 24.7. The molecule has 3 aromatic carbocycles. The summed E-state index contributed by atoms with van der Waals surface area (Å²) in [6, 6.07) is 20.2. The third-order valence-electron chi connectivity index (χ3n) is 5.34. The number of carbonyl (C=O) groups is 1. The van der Waals surface area contributed by atoms with Gasteiger partial charge in [0, 0.05) is 30.2 Å². The monoisotopic (exact) mass is 376 g/mol. The predicted molar refractivity (Wildman–Crippen MR) is 110 cm³/mol. The average Bonchev–Trinajstić information content (AvgIpc) is 2.70. The number of phenols is 1. The highest BCUT2D eigenvalue weighted by atomic mass is 16.3. The number of amides is 1. The summed E-state index contributed by atoms with van der Waals surface area (Å²) in [6.45, 7) is 1.33. The Kier molecular flexibility index (Phi) is 5.28. The second-order valence-electron chi connectivity index (χ2n) is 7.29. The van der Waals surface area contributed by atoms with Crippen molar-refractivity contribution in [2.24, 2.45) is 0 Å². The molecule has 1 aliphatic heterocycles. The maximum atomic E-state index is 13.2. The lowest BCUT2D eigenvalue weighted by atomic mass is 9.99. The molecule has 0 spiro atoms. The van der Waals surface area contributed by atoms with Crippen LogP contribution in [0.4, 0.5) is 5.69 Å². The number of hydrogen-bond donors (Lipinski definition) is 3. The summed E-state index contributed by atoms with van der Waals surface area (Å²) in [7, 11) is 0. The molecular formula is C23H24N2O3. The van der Waals surface area contributed by atoms with Gasteiger partial charge in [0.2, 0.25) is 5.91 Å². The smallest absolute Gasteiger partial charge is 0.246 e. The van der Waals surface area contributed by atoms with E-state index in [0.717, 1.165) is 16.3 Å². The number of piperidine rings is 1. The van der Waals surface area contributed by atoms with Crippen LogP contribution in [0.2, 0.25) is 0 Å². The lowest BCUT2D eigenvalue weighted by molar-refractivity contribution is -0.122. The summed E-state index contributed by atoms with van der Waals surface area (Å²) < 4.78 is 0. The fourth-order valence-electron chi connectivity index (χ4n) is 3.88. The summed E-state index contributed by atoms with van der Waals surface area (Å²) in [6.07, 6.45) is 1.02. The summed E-state index contributed by atoms with van der Waals surface area (Å²) in [4.78, 5) is 15.4. The topological polar surface area (TPSA) is 72.8 Å². The minimum atomic E-state index is -0.442. The standard InChI is InChI=1S/C23H24N2O3/c26-19-10-12-25(13-11-19)22(16-6-2-1-3-7-16)23(28)24-18-14-17-8-4-5-9-20(17)21(27)15-18/h1-9,14-15,19,22,26-27H,10-13H2,(H,24,28). The molecule has 4 rings (SSSR count). The molecule has 1 saturated heterocycles. The van der Waals surface area contributed by atoms with Crippen LogP contribution < -0.4 is 5.32 Å². The first-order valence-corrected chi connectivity index (χ1v) is 9.61. The van der Waals surface area contributed by atoms with Crippen molar-refractivity contribution in [1.29, 1.82) is 0 Å². The Morgan fingerprint density at radius 1 is 1.00 bits per heavy atom. The summed E-state index contributed by atoms with van der Waals surface area (Å²) in [5.74, 6) is 0.00280. The van der Waals surface area contributed by atoms with Crippen LogP contribution in [0, 0.1) is 0 Å². The van der Waals surface area contributed by atoms with Gasteiger partial charge in [-0.15, -0.1) is 0 Å². The molecule has 5 heteroatoms. The number of anilines is 1. The van der Waals surface area contributed by atoms with Gasteiger partial charge in [0.1, 0.15) is 11.8 Å². The Balaban J connectivity index is 1.62. The van der Waals surface area contributed by atoms with E-state index in [1.165, 1.54) is 0 Å². The fraction of sp³-hybridized carbons (Fsp3) is 0.261. The molecule has 1 atom stereocenters. The van der Waals surface area contributed by atoms with Gasteiger partial charge >= 0.3 is 0 Å².